The van der Waals surface area contributed by atoms with Crippen LogP contribution in [0.15, 0.2) is 44.7 Å². The number of H-pyrrole nitrogens is 2. The monoisotopic (exact) mass is 320 g/mol. The molecule has 2 N–H and O–H groups in total. The first-order valence-electron chi connectivity index (χ1n) is 5.57. The van der Waals surface area contributed by atoms with Crippen molar-refractivity contribution in [3.63, 3.8) is 0 Å². The molecule has 0 aliphatic heterocycles. The molecule has 0 amide bonds. The zero-order valence-corrected chi connectivity index (χ0v) is 11.3. The number of benzene rings is 1. The second kappa shape index (κ2) is 4.51. The van der Waals surface area contributed by atoms with Gasteiger partial charge in [-0.2, -0.15) is 0 Å². The van der Waals surface area contributed by atoms with Crippen LogP contribution in [-0.4, -0.2) is 19.5 Å². The lowest BCUT2D eigenvalue weighted by atomic mass is 10.2. The van der Waals surface area contributed by atoms with E-state index in [2.05, 4.69) is 30.9 Å². The number of hydrogen-bond donors (Lipinski definition) is 2. The van der Waals surface area contributed by atoms with E-state index in [0.29, 0.717) is 16.9 Å². The SMILES string of the molecule is O=c1[nH]c(=O)n(Cc2ccccc2)c2nc(Br)[nH]c12. The Morgan fingerprint density at radius 3 is 2.63 bits per heavy atom. The van der Waals surface area contributed by atoms with Gasteiger partial charge in [-0.25, -0.2) is 9.78 Å². The Kier molecular flexibility index (Phi) is 2.83. The van der Waals surface area contributed by atoms with Gasteiger partial charge in [-0.15, -0.1) is 0 Å². The van der Waals surface area contributed by atoms with Gasteiger partial charge >= 0.3 is 5.69 Å². The summed E-state index contributed by atoms with van der Waals surface area (Å²) in [5.74, 6) is 0. The Morgan fingerprint density at radius 2 is 1.89 bits per heavy atom. The van der Waals surface area contributed by atoms with Crippen LogP contribution in [0.1, 0.15) is 5.56 Å². The molecule has 0 fully saturated rings. The Bertz CT molecular complexity index is 848. The number of imidazole rings is 1. The normalized spacial score (nSPS) is 11.0. The van der Waals surface area contributed by atoms with E-state index >= 15 is 0 Å². The average Bonchev–Trinajstić information content (AvgIpc) is 2.78. The largest absolute Gasteiger partial charge is 0.330 e. The maximum absolute atomic E-state index is 11.9. The van der Waals surface area contributed by atoms with Gasteiger partial charge in [0.05, 0.1) is 6.54 Å². The molecule has 0 aliphatic rings. The summed E-state index contributed by atoms with van der Waals surface area (Å²) in [4.78, 5) is 32.8. The van der Waals surface area contributed by atoms with E-state index in [1.165, 1.54) is 4.57 Å². The zero-order valence-electron chi connectivity index (χ0n) is 9.68. The molecule has 0 atom stereocenters. The van der Waals surface area contributed by atoms with Gasteiger partial charge < -0.3 is 4.98 Å². The van der Waals surface area contributed by atoms with Crippen molar-refractivity contribution in [2.75, 3.05) is 0 Å². The lowest BCUT2D eigenvalue weighted by Crippen LogP contribution is -2.30. The lowest BCUT2D eigenvalue weighted by Gasteiger charge is -2.05. The third kappa shape index (κ3) is 2.12. The molecule has 2 heterocycles. The third-order valence-corrected chi connectivity index (χ3v) is 3.16. The molecule has 0 saturated heterocycles. The maximum atomic E-state index is 11.9. The van der Waals surface area contributed by atoms with Gasteiger partial charge in [0.25, 0.3) is 5.56 Å². The van der Waals surface area contributed by atoms with E-state index in [9.17, 15) is 9.59 Å². The van der Waals surface area contributed by atoms with Crippen LogP contribution in [0, 0.1) is 0 Å². The van der Waals surface area contributed by atoms with Gasteiger partial charge in [-0.3, -0.25) is 14.3 Å². The van der Waals surface area contributed by atoms with Crippen molar-refractivity contribution < 1.29 is 0 Å². The first-order valence-corrected chi connectivity index (χ1v) is 6.37. The summed E-state index contributed by atoms with van der Waals surface area (Å²) in [6.45, 7) is 0.351. The first kappa shape index (κ1) is 11.9. The Balaban J connectivity index is 2.23. The van der Waals surface area contributed by atoms with Crippen LogP contribution in [-0.2, 0) is 6.54 Å². The molecule has 0 saturated carbocycles. The minimum absolute atomic E-state index is 0.280. The number of fused-ring (bicyclic) bond motifs is 1. The van der Waals surface area contributed by atoms with Gasteiger partial charge in [0.15, 0.2) is 15.9 Å². The maximum Gasteiger partial charge on any atom is 0.330 e. The van der Waals surface area contributed by atoms with Crippen LogP contribution in [0.5, 0.6) is 0 Å². The Hall–Kier alpha value is -2.15. The number of hydrogen-bond acceptors (Lipinski definition) is 3. The quantitative estimate of drug-likeness (QED) is 0.696. The van der Waals surface area contributed by atoms with Crippen molar-refractivity contribution in [3.8, 4) is 0 Å². The van der Waals surface area contributed by atoms with Crippen molar-refractivity contribution in [1.82, 2.24) is 19.5 Å². The topological polar surface area (TPSA) is 83.5 Å². The number of nitrogens with one attached hydrogen (secondary N) is 2. The van der Waals surface area contributed by atoms with E-state index in [0.717, 1.165) is 5.56 Å². The van der Waals surface area contributed by atoms with Gasteiger partial charge in [0, 0.05) is 0 Å². The molecule has 0 aliphatic carbocycles. The molecule has 0 radical (unpaired) electrons. The van der Waals surface area contributed by atoms with Crippen molar-refractivity contribution in [2.24, 2.45) is 0 Å². The van der Waals surface area contributed by atoms with Crippen LogP contribution in [0.3, 0.4) is 0 Å². The fourth-order valence-electron chi connectivity index (χ4n) is 1.93. The number of aromatic nitrogens is 4. The summed E-state index contributed by atoms with van der Waals surface area (Å²) in [5, 5.41) is 0. The van der Waals surface area contributed by atoms with Gasteiger partial charge in [-0.1, -0.05) is 30.3 Å². The van der Waals surface area contributed by atoms with Crippen LogP contribution in [0.4, 0.5) is 0 Å². The molecule has 19 heavy (non-hydrogen) atoms. The predicted molar refractivity (Wildman–Crippen MR) is 74.2 cm³/mol. The minimum atomic E-state index is -0.472. The van der Waals surface area contributed by atoms with E-state index in [1.54, 1.807) is 0 Å². The highest BCUT2D eigenvalue weighted by molar-refractivity contribution is 9.10. The third-order valence-electron chi connectivity index (χ3n) is 2.79. The molecule has 0 unspecified atom stereocenters. The highest BCUT2D eigenvalue weighted by Gasteiger charge is 2.12. The molecular formula is C12H9BrN4O2. The fourth-order valence-corrected chi connectivity index (χ4v) is 2.29. The van der Waals surface area contributed by atoms with Crippen LogP contribution in [0.25, 0.3) is 11.2 Å². The van der Waals surface area contributed by atoms with Crippen molar-refractivity contribution >= 4 is 27.1 Å². The summed E-state index contributed by atoms with van der Waals surface area (Å²) in [6, 6.07) is 9.50. The minimum Gasteiger partial charge on any atom is -0.327 e. The second-order valence-corrected chi connectivity index (χ2v) is 4.81. The van der Waals surface area contributed by atoms with E-state index in [1.807, 2.05) is 30.3 Å². The van der Waals surface area contributed by atoms with Gasteiger partial charge in [0.1, 0.15) is 0 Å². The molecule has 0 bridgehead atoms. The summed E-state index contributed by atoms with van der Waals surface area (Å²) < 4.78 is 1.84. The number of nitrogens with zero attached hydrogens (tertiary/aromatic N) is 2. The Morgan fingerprint density at radius 1 is 1.16 bits per heavy atom. The molecule has 0 spiro atoms. The Labute approximate surface area is 115 Å². The number of rotatable bonds is 2. The molecule has 7 heteroatoms. The molecule has 1 aromatic carbocycles. The van der Waals surface area contributed by atoms with Crippen molar-refractivity contribution in [1.29, 1.82) is 0 Å². The summed E-state index contributed by atoms with van der Waals surface area (Å²) in [5.41, 5.74) is 0.631. The lowest BCUT2D eigenvalue weighted by molar-refractivity contribution is 0.748. The standard InChI is InChI=1S/C12H9BrN4O2/c13-11-14-8-9(15-11)17(12(19)16-10(8)18)6-7-4-2-1-3-5-7/h1-5H,6H2,(H,14,15)(H,16,18,19). The van der Waals surface area contributed by atoms with Crippen molar-refractivity contribution in [3.05, 3.63) is 61.5 Å². The summed E-state index contributed by atoms with van der Waals surface area (Å²) >= 11 is 3.17. The average molecular weight is 321 g/mol. The van der Waals surface area contributed by atoms with E-state index in [4.69, 9.17) is 0 Å². The van der Waals surface area contributed by atoms with E-state index in [-0.39, 0.29) is 5.52 Å². The highest BCUT2D eigenvalue weighted by atomic mass is 79.9. The van der Waals surface area contributed by atoms with Crippen LogP contribution in [0.2, 0.25) is 0 Å². The summed E-state index contributed by atoms with van der Waals surface area (Å²) in [7, 11) is 0. The fraction of sp³-hybridized carbons (Fsp3) is 0.0833. The van der Waals surface area contributed by atoms with Crippen molar-refractivity contribution in [2.45, 2.75) is 6.54 Å². The van der Waals surface area contributed by atoms with E-state index < -0.39 is 11.2 Å². The van der Waals surface area contributed by atoms with Gasteiger partial charge in [-0.05, 0) is 21.5 Å². The van der Waals surface area contributed by atoms with Crippen LogP contribution < -0.4 is 11.2 Å². The summed E-state index contributed by atoms with van der Waals surface area (Å²) in [6.07, 6.45) is 0. The highest BCUT2D eigenvalue weighted by Crippen LogP contribution is 2.11. The first-order chi connectivity index (χ1) is 9.15. The second-order valence-electron chi connectivity index (χ2n) is 4.06. The molecular weight excluding hydrogens is 312 g/mol. The molecule has 96 valence electrons. The van der Waals surface area contributed by atoms with Gasteiger partial charge in [0.2, 0.25) is 0 Å². The number of aromatic amines is 2. The zero-order chi connectivity index (χ0) is 13.4. The predicted octanol–water partition coefficient (Wildman–Crippen LogP) is 1.22. The number of halogens is 1. The van der Waals surface area contributed by atoms with Crippen LogP contribution >= 0.6 is 15.9 Å². The smallest absolute Gasteiger partial charge is 0.327 e. The molecule has 2 aromatic heterocycles. The molecule has 3 rings (SSSR count). The molecule has 6 nitrogen and oxygen atoms in total. The molecule has 3 aromatic rings.